The van der Waals surface area contributed by atoms with Gasteiger partial charge in [-0.15, -0.1) is 0 Å². The van der Waals surface area contributed by atoms with E-state index in [0.29, 0.717) is 42.2 Å². The Balaban J connectivity index is 1.74. The molecule has 4 rings (SSSR count). The first-order valence-electron chi connectivity index (χ1n) is 9.66. The van der Waals surface area contributed by atoms with Crippen molar-refractivity contribution in [1.29, 1.82) is 0 Å². The van der Waals surface area contributed by atoms with E-state index in [9.17, 15) is 14.7 Å². The number of ketones is 1. The largest absolute Gasteiger partial charge is 0.507 e. The van der Waals surface area contributed by atoms with E-state index < -0.39 is 17.7 Å². The van der Waals surface area contributed by atoms with Gasteiger partial charge in [0.2, 0.25) is 0 Å². The number of pyridine rings is 1. The van der Waals surface area contributed by atoms with E-state index in [2.05, 4.69) is 20.2 Å². The predicted octanol–water partition coefficient (Wildman–Crippen LogP) is 2.13. The van der Waals surface area contributed by atoms with E-state index in [1.165, 1.54) is 4.90 Å². The minimum atomic E-state index is -0.761. The molecule has 1 atom stereocenters. The van der Waals surface area contributed by atoms with Crippen molar-refractivity contribution in [3.05, 3.63) is 71.3 Å². The summed E-state index contributed by atoms with van der Waals surface area (Å²) >= 11 is 0. The molecule has 0 aromatic carbocycles. The van der Waals surface area contributed by atoms with E-state index in [1.54, 1.807) is 50.8 Å². The second-order valence-corrected chi connectivity index (χ2v) is 7.21. The number of carbonyl (C=O) groups excluding carboxylic acids is 2. The van der Waals surface area contributed by atoms with Gasteiger partial charge in [0.05, 0.1) is 28.9 Å². The summed E-state index contributed by atoms with van der Waals surface area (Å²) in [6, 6.07) is 4.55. The zero-order chi connectivity index (χ0) is 21.3. The van der Waals surface area contributed by atoms with Gasteiger partial charge in [0.1, 0.15) is 11.8 Å². The van der Waals surface area contributed by atoms with E-state index in [4.69, 9.17) is 0 Å². The van der Waals surface area contributed by atoms with Gasteiger partial charge in [-0.1, -0.05) is 6.07 Å². The summed E-state index contributed by atoms with van der Waals surface area (Å²) in [5, 5.41) is 18.0. The highest BCUT2D eigenvalue weighted by Gasteiger charge is 2.46. The molecule has 1 amide bonds. The number of hydrogen-bond donors (Lipinski definition) is 2. The van der Waals surface area contributed by atoms with E-state index in [0.717, 1.165) is 0 Å². The van der Waals surface area contributed by atoms with Crippen LogP contribution < -0.4 is 0 Å². The summed E-state index contributed by atoms with van der Waals surface area (Å²) in [4.78, 5) is 35.7. The predicted molar refractivity (Wildman–Crippen MR) is 108 cm³/mol. The van der Waals surface area contributed by atoms with Crippen LogP contribution in [0.1, 0.15) is 35.1 Å². The molecule has 1 fully saturated rings. The van der Waals surface area contributed by atoms with Crippen molar-refractivity contribution in [1.82, 2.24) is 29.6 Å². The molecule has 1 aliphatic heterocycles. The summed E-state index contributed by atoms with van der Waals surface area (Å²) < 4.78 is 1.91. The Morgan fingerprint density at radius 3 is 2.67 bits per heavy atom. The number of aromatic amines is 1. The molecule has 0 radical (unpaired) electrons. The molecule has 2 N–H and O–H groups in total. The van der Waals surface area contributed by atoms with Gasteiger partial charge in [0, 0.05) is 37.4 Å². The molecule has 154 valence electrons. The number of nitrogens with one attached hydrogen (secondary N) is 1. The molecule has 3 aromatic rings. The van der Waals surface area contributed by atoms with Gasteiger partial charge in [0.15, 0.2) is 0 Å². The molecule has 0 bridgehead atoms. The minimum absolute atomic E-state index is 0.0360. The highest BCUT2D eigenvalue weighted by atomic mass is 16.3. The number of nitrogens with zero attached hydrogens (tertiary/aromatic N) is 5. The van der Waals surface area contributed by atoms with Gasteiger partial charge < -0.3 is 14.6 Å². The number of carbonyl (C=O) groups is 2. The van der Waals surface area contributed by atoms with Crippen LogP contribution >= 0.6 is 0 Å². The van der Waals surface area contributed by atoms with Crippen molar-refractivity contribution >= 4 is 17.4 Å². The van der Waals surface area contributed by atoms with Crippen LogP contribution in [0.5, 0.6) is 0 Å². The highest BCUT2D eigenvalue weighted by molar-refractivity contribution is 6.46. The quantitative estimate of drug-likeness (QED) is 0.368. The zero-order valence-electron chi connectivity index (χ0n) is 16.7. The summed E-state index contributed by atoms with van der Waals surface area (Å²) in [7, 11) is 0. The molecule has 1 unspecified atom stereocenters. The molecule has 1 saturated heterocycles. The number of aromatic nitrogens is 5. The van der Waals surface area contributed by atoms with Crippen molar-refractivity contribution in [2.45, 2.75) is 32.9 Å². The maximum Gasteiger partial charge on any atom is 0.295 e. The third-order valence-corrected chi connectivity index (χ3v) is 5.25. The first-order chi connectivity index (χ1) is 14.5. The molecule has 9 heteroatoms. The highest BCUT2D eigenvalue weighted by Crippen LogP contribution is 2.39. The van der Waals surface area contributed by atoms with Crippen LogP contribution in [0.4, 0.5) is 0 Å². The molecule has 0 saturated carbocycles. The summed E-state index contributed by atoms with van der Waals surface area (Å²) in [6.07, 6.45) is 7.46. The number of hydrogen-bond acceptors (Lipinski definition) is 6. The van der Waals surface area contributed by atoms with Gasteiger partial charge in [0.25, 0.3) is 11.7 Å². The first-order valence-corrected chi connectivity index (χ1v) is 9.66. The number of aliphatic hydroxyl groups is 1. The van der Waals surface area contributed by atoms with Gasteiger partial charge >= 0.3 is 0 Å². The third-order valence-electron chi connectivity index (χ3n) is 5.25. The maximum absolute atomic E-state index is 13.0. The number of imidazole rings is 1. The Morgan fingerprint density at radius 2 is 2.03 bits per heavy atom. The second-order valence-electron chi connectivity index (χ2n) is 7.21. The third kappa shape index (κ3) is 3.38. The lowest BCUT2D eigenvalue weighted by molar-refractivity contribution is -0.140. The molecular weight excluding hydrogens is 384 g/mol. The van der Waals surface area contributed by atoms with Crippen LogP contribution in [-0.2, 0) is 16.1 Å². The molecule has 3 aromatic heterocycles. The smallest absolute Gasteiger partial charge is 0.295 e. The van der Waals surface area contributed by atoms with Crippen molar-refractivity contribution in [3.63, 3.8) is 0 Å². The van der Waals surface area contributed by atoms with Crippen molar-refractivity contribution < 1.29 is 14.7 Å². The average molecular weight is 406 g/mol. The van der Waals surface area contributed by atoms with Gasteiger partial charge in [-0.25, -0.2) is 4.98 Å². The van der Waals surface area contributed by atoms with Crippen LogP contribution in [0.25, 0.3) is 5.76 Å². The number of H-pyrrole nitrogens is 1. The van der Waals surface area contributed by atoms with Crippen LogP contribution in [0.15, 0.2) is 48.7 Å². The number of aliphatic hydroxyl groups excluding tert-OH is 1. The maximum atomic E-state index is 13.0. The van der Waals surface area contributed by atoms with E-state index >= 15 is 0 Å². The lowest BCUT2D eigenvalue weighted by Crippen LogP contribution is -2.31. The van der Waals surface area contributed by atoms with Crippen molar-refractivity contribution in [2.75, 3.05) is 6.54 Å². The Labute approximate surface area is 173 Å². The normalized spacial score (nSPS) is 18.3. The lowest BCUT2D eigenvalue weighted by atomic mass is 9.97. The van der Waals surface area contributed by atoms with Crippen LogP contribution in [-0.4, -0.2) is 53.0 Å². The lowest BCUT2D eigenvalue weighted by Gasteiger charge is -2.24. The van der Waals surface area contributed by atoms with Crippen LogP contribution in [0.3, 0.4) is 0 Å². The number of aryl methyl sites for hydroxylation is 3. The Morgan fingerprint density at radius 1 is 1.20 bits per heavy atom. The van der Waals surface area contributed by atoms with Gasteiger partial charge in [-0.2, -0.15) is 5.10 Å². The Hall–Kier alpha value is -3.75. The van der Waals surface area contributed by atoms with Crippen LogP contribution in [0, 0.1) is 13.8 Å². The number of likely N-dealkylation sites (tertiary alicyclic amines) is 1. The molecule has 9 nitrogen and oxygen atoms in total. The second kappa shape index (κ2) is 7.94. The standard InChI is InChI=1S/C21H22N6O3/c1-13-16(14(2)25-24-13)19(28)17-18(15-6-3-4-7-23-15)27(21(30)20(17)29)10-5-9-26-11-8-22-12-26/h3-4,6-8,11-12,18,28H,5,9-10H2,1-2H3,(H,24,25). The molecule has 4 heterocycles. The van der Waals surface area contributed by atoms with E-state index in [-0.39, 0.29) is 11.3 Å². The average Bonchev–Trinajstić information content (AvgIpc) is 3.44. The zero-order valence-corrected chi connectivity index (χ0v) is 16.7. The number of Topliss-reactive ketones (excluding diaryl/α,β-unsaturated/α-hetero) is 1. The number of amides is 1. The van der Waals surface area contributed by atoms with Crippen molar-refractivity contribution in [2.24, 2.45) is 0 Å². The fourth-order valence-corrected chi connectivity index (χ4v) is 3.83. The molecular formula is C21H22N6O3. The molecule has 1 aliphatic rings. The molecule has 0 spiro atoms. The Bertz CT molecular complexity index is 1080. The van der Waals surface area contributed by atoms with Crippen molar-refractivity contribution in [3.8, 4) is 0 Å². The fraction of sp³-hybridized carbons (Fsp3) is 0.286. The topological polar surface area (TPSA) is 117 Å². The fourth-order valence-electron chi connectivity index (χ4n) is 3.83. The summed E-state index contributed by atoms with van der Waals surface area (Å²) in [5.41, 5.74) is 2.17. The number of rotatable bonds is 6. The SMILES string of the molecule is Cc1n[nH]c(C)c1C(O)=C1C(=O)C(=O)N(CCCn2ccnc2)C1c1ccccn1. The molecule has 0 aliphatic carbocycles. The van der Waals surface area contributed by atoms with E-state index in [1.807, 2.05) is 10.8 Å². The van der Waals surface area contributed by atoms with Gasteiger partial charge in [-0.05, 0) is 32.4 Å². The Kier molecular flexibility index (Phi) is 5.18. The summed E-state index contributed by atoms with van der Waals surface area (Å²) in [5.74, 6) is -1.59. The molecule has 30 heavy (non-hydrogen) atoms. The van der Waals surface area contributed by atoms with Gasteiger partial charge in [-0.3, -0.25) is 19.7 Å². The summed E-state index contributed by atoms with van der Waals surface area (Å²) in [6.45, 7) is 4.48. The first kappa shape index (κ1) is 19.6. The van der Waals surface area contributed by atoms with Crippen LogP contribution in [0.2, 0.25) is 0 Å². The minimum Gasteiger partial charge on any atom is -0.507 e. The monoisotopic (exact) mass is 406 g/mol.